The molecule has 1 aromatic rings. The number of rotatable bonds is 6. The van der Waals surface area contributed by atoms with E-state index in [4.69, 9.17) is 0 Å². The van der Waals surface area contributed by atoms with E-state index in [2.05, 4.69) is 17.1 Å². The Bertz CT molecular complexity index is 519. The highest BCUT2D eigenvalue weighted by Crippen LogP contribution is 2.25. The van der Waals surface area contributed by atoms with Gasteiger partial charge in [-0.1, -0.05) is 6.92 Å². The minimum Gasteiger partial charge on any atom is -0.315 e. The van der Waals surface area contributed by atoms with Crippen LogP contribution in [-0.4, -0.2) is 57.4 Å². The predicted molar refractivity (Wildman–Crippen MR) is 82.6 cm³/mol. The van der Waals surface area contributed by atoms with E-state index < -0.39 is 10.0 Å². The van der Waals surface area contributed by atoms with E-state index in [1.165, 1.54) is 11.3 Å². The molecule has 1 aromatic heterocycles. The van der Waals surface area contributed by atoms with Crippen molar-refractivity contribution in [1.29, 1.82) is 0 Å². The smallest absolute Gasteiger partial charge is 0.252 e. The van der Waals surface area contributed by atoms with E-state index in [9.17, 15) is 8.42 Å². The van der Waals surface area contributed by atoms with Gasteiger partial charge >= 0.3 is 0 Å². The molecule has 0 aliphatic carbocycles. The summed E-state index contributed by atoms with van der Waals surface area (Å²) in [6.07, 6.45) is 1.12. The molecule has 0 aromatic carbocycles. The van der Waals surface area contributed by atoms with Crippen LogP contribution in [0.3, 0.4) is 0 Å². The largest absolute Gasteiger partial charge is 0.315 e. The Balaban J connectivity index is 2.03. The van der Waals surface area contributed by atoms with Gasteiger partial charge in [0.25, 0.3) is 10.0 Å². The van der Waals surface area contributed by atoms with Crippen LogP contribution >= 0.6 is 11.3 Å². The summed E-state index contributed by atoms with van der Waals surface area (Å²) < 4.78 is 27.2. The number of nitrogens with one attached hydrogen (secondary N) is 1. The van der Waals surface area contributed by atoms with Crippen molar-refractivity contribution in [3.63, 3.8) is 0 Å². The third-order valence-electron chi connectivity index (χ3n) is 3.45. The zero-order valence-corrected chi connectivity index (χ0v) is 13.8. The number of thiophene rings is 1. The zero-order valence-electron chi connectivity index (χ0n) is 12.1. The molecule has 1 saturated heterocycles. The highest BCUT2D eigenvalue weighted by Gasteiger charge is 2.29. The number of nitrogens with zero attached hydrogens (tertiary/aromatic N) is 2. The van der Waals surface area contributed by atoms with E-state index in [1.54, 1.807) is 10.4 Å². The van der Waals surface area contributed by atoms with Crippen LogP contribution in [0.15, 0.2) is 16.3 Å². The second kappa shape index (κ2) is 7.00. The third kappa shape index (κ3) is 3.59. The van der Waals surface area contributed by atoms with E-state index in [0.717, 1.165) is 30.9 Å². The molecule has 0 radical (unpaired) electrons. The maximum atomic E-state index is 12.6. The molecule has 0 saturated carbocycles. The van der Waals surface area contributed by atoms with E-state index in [-0.39, 0.29) is 0 Å². The van der Waals surface area contributed by atoms with Crippen molar-refractivity contribution >= 4 is 21.4 Å². The standard InChI is InChI=1S/C13H23N3O2S2/c1-3-6-15-7-9-16(10-8-15)20(17,18)13-5-4-12(19-13)11-14-2/h4-5,14H,3,6-11H2,1-2H3. The van der Waals surface area contributed by atoms with Gasteiger partial charge in [0.15, 0.2) is 0 Å². The number of piperazine rings is 1. The summed E-state index contributed by atoms with van der Waals surface area (Å²) in [5, 5.41) is 3.04. The van der Waals surface area contributed by atoms with Crippen LogP contribution in [0, 0.1) is 0 Å². The molecule has 0 spiro atoms. The fourth-order valence-electron chi connectivity index (χ4n) is 2.40. The minimum atomic E-state index is -3.30. The van der Waals surface area contributed by atoms with Crippen LogP contribution in [0.25, 0.3) is 0 Å². The molecule has 1 N–H and O–H groups in total. The maximum absolute atomic E-state index is 12.6. The van der Waals surface area contributed by atoms with Gasteiger partial charge in [-0.15, -0.1) is 11.3 Å². The van der Waals surface area contributed by atoms with Gasteiger partial charge in [-0.05, 0) is 32.1 Å². The van der Waals surface area contributed by atoms with Crippen LogP contribution in [0.2, 0.25) is 0 Å². The molecular formula is C13H23N3O2S2. The lowest BCUT2D eigenvalue weighted by molar-refractivity contribution is 0.189. The summed E-state index contributed by atoms with van der Waals surface area (Å²) >= 11 is 1.36. The molecule has 1 aliphatic rings. The van der Waals surface area contributed by atoms with Crippen molar-refractivity contribution in [3.05, 3.63) is 17.0 Å². The molecule has 1 aliphatic heterocycles. The average Bonchev–Trinajstić information content (AvgIpc) is 2.90. The molecule has 0 amide bonds. The van der Waals surface area contributed by atoms with Crippen LogP contribution in [0.1, 0.15) is 18.2 Å². The molecule has 5 nitrogen and oxygen atoms in total. The van der Waals surface area contributed by atoms with E-state index in [0.29, 0.717) is 23.8 Å². The molecule has 7 heteroatoms. The molecule has 114 valence electrons. The Labute approximate surface area is 125 Å². The van der Waals surface area contributed by atoms with Gasteiger partial charge in [-0.2, -0.15) is 4.31 Å². The van der Waals surface area contributed by atoms with Crippen molar-refractivity contribution in [3.8, 4) is 0 Å². The van der Waals surface area contributed by atoms with Crippen molar-refractivity contribution in [2.24, 2.45) is 0 Å². The normalized spacial score (nSPS) is 18.5. The maximum Gasteiger partial charge on any atom is 0.252 e. The van der Waals surface area contributed by atoms with Crippen LogP contribution < -0.4 is 5.32 Å². The summed E-state index contributed by atoms with van der Waals surface area (Å²) in [6, 6.07) is 3.62. The average molecular weight is 317 g/mol. The van der Waals surface area contributed by atoms with Crippen molar-refractivity contribution in [2.75, 3.05) is 39.8 Å². The fraction of sp³-hybridized carbons (Fsp3) is 0.692. The SMILES string of the molecule is CCCN1CCN(S(=O)(=O)c2ccc(CNC)s2)CC1. The summed E-state index contributed by atoms with van der Waals surface area (Å²) in [7, 11) is -1.44. The number of hydrogen-bond donors (Lipinski definition) is 1. The van der Waals surface area contributed by atoms with Gasteiger partial charge in [-0.3, -0.25) is 0 Å². The second-order valence-corrected chi connectivity index (χ2v) is 8.33. The Morgan fingerprint density at radius 2 is 1.95 bits per heavy atom. The first-order valence-electron chi connectivity index (χ1n) is 7.03. The summed E-state index contributed by atoms with van der Waals surface area (Å²) in [5.74, 6) is 0. The predicted octanol–water partition coefficient (Wildman–Crippen LogP) is 1.18. The Morgan fingerprint density at radius 3 is 2.55 bits per heavy atom. The molecule has 0 bridgehead atoms. The van der Waals surface area contributed by atoms with Crippen LogP contribution in [0.5, 0.6) is 0 Å². The van der Waals surface area contributed by atoms with Crippen molar-refractivity contribution < 1.29 is 8.42 Å². The van der Waals surface area contributed by atoms with E-state index in [1.807, 2.05) is 13.1 Å². The Morgan fingerprint density at radius 1 is 1.25 bits per heavy atom. The number of hydrogen-bond acceptors (Lipinski definition) is 5. The van der Waals surface area contributed by atoms with E-state index >= 15 is 0 Å². The molecule has 2 rings (SSSR count). The minimum absolute atomic E-state index is 0.465. The molecule has 0 unspecified atom stereocenters. The Hall–Kier alpha value is -0.470. The topological polar surface area (TPSA) is 52.7 Å². The Kier molecular flexibility index (Phi) is 5.57. The lowest BCUT2D eigenvalue weighted by Gasteiger charge is -2.33. The zero-order chi connectivity index (χ0) is 14.6. The fourth-order valence-corrected chi connectivity index (χ4v) is 5.35. The quantitative estimate of drug-likeness (QED) is 0.856. The highest BCUT2D eigenvalue weighted by atomic mass is 32.2. The van der Waals surface area contributed by atoms with Crippen LogP contribution in [0.4, 0.5) is 0 Å². The summed E-state index contributed by atoms with van der Waals surface area (Å²) in [4.78, 5) is 3.38. The molecule has 0 atom stereocenters. The summed E-state index contributed by atoms with van der Waals surface area (Å²) in [5.41, 5.74) is 0. The van der Waals surface area contributed by atoms with Crippen molar-refractivity contribution in [2.45, 2.75) is 24.1 Å². The summed E-state index contributed by atoms with van der Waals surface area (Å²) in [6.45, 7) is 6.79. The first-order chi connectivity index (χ1) is 9.57. The lowest BCUT2D eigenvalue weighted by atomic mass is 10.3. The van der Waals surface area contributed by atoms with Gasteiger partial charge in [0.2, 0.25) is 0 Å². The first-order valence-corrected chi connectivity index (χ1v) is 9.29. The molecule has 20 heavy (non-hydrogen) atoms. The number of sulfonamides is 1. The second-order valence-electron chi connectivity index (χ2n) is 5.00. The molecular weight excluding hydrogens is 294 g/mol. The van der Waals surface area contributed by atoms with Gasteiger partial charge in [0.1, 0.15) is 4.21 Å². The third-order valence-corrected chi connectivity index (χ3v) is 6.90. The molecule has 1 fully saturated rings. The van der Waals surface area contributed by atoms with Gasteiger partial charge in [-0.25, -0.2) is 8.42 Å². The van der Waals surface area contributed by atoms with Crippen molar-refractivity contribution in [1.82, 2.24) is 14.5 Å². The molecule has 2 heterocycles. The highest BCUT2D eigenvalue weighted by molar-refractivity contribution is 7.91. The van der Waals surface area contributed by atoms with Gasteiger partial charge in [0.05, 0.1) is 0 Å². The van der Waals surface area contributed by atoms with Crippen LogP contribution in [-0.2, 0) is 16.6 Å². The van der Waals surface area contributed by atoms with Gasteiger partial charge in [0, 0.05) is 37.6 Å². The van der Waals surface area contributed by atoms with Gasteiger partial charge < -0.3 is 10.2 Å². The monoisotopic (exact) mass is 317 g/mol. The first kappa shape index (κ1) is 15.9. The lowest BCUT2D eigenvalue weighted by Crippen LogP contribution is -2.48.